The monoisotopic (exact) mass is 467 g/mol. The summed E-state index contributed by atoms with van der Waals surface area (Å²) in [4.78, 5) is 16.9. The van der Waals surface area contributed by atoms with Crippen molar-refractivity contribution >= 4 is 11.6 Å². The first-order chi connectivity index (χ1) is 17.2. The molecular weight excluding hydrogens is 430 g/mol. The van der Waals surface area contributed by atoms with E-state index in [1.807, 2.05) is 23.2 Å². The second-order valence-electron chi connectivity index (χ2n) is 10.2. The molecule has 35 heavy (non-hydrogen) atoms. The normalized spacial score (nSPS) is 22.4. The Kier molecular flexibility index (Phi) is 7.31. The number of hydrazine groups is 1. The number of hydrogen-bond acceptors (Lipinski definition) is 3. The van der Waals surface area contributed by atoms with Gasteiger partial charge in [0.15, 0.2) is 0 Å². The van der Waals surface area contributed by atoms with E-state index in [2.05, 4.69) is 84.0 Å². The topological polar surface area (TPSA) is 35.6 Å². The van der Waals surface area contributed by atoms with Gasteiger partial charge in [0.25, 0.3) is 5.91 Å². The third-order valence-electron chi connectivity index (χ3n) is 7.73. The van der Waals surface area contributed by atoms with E-state index in [-0.39, 0.29) is 5.91 Å². The van der Waals surface area contributed by atoms with Crippen LogP contribution in [-0.4, -0.2) is 37.0 Å². The zero-order chi connectivity index (χ0) is 24.1. The number of benzene rings is 3. The second-order valence-corrected chi connectivity index (χ2v) is 10.2. The molecule has 0 radical (unpaired) electrons. The summed E-state index contributed by atoms with van der Waals surface area (Å²) in [5.74, 6) is 0.912. The standard InChI is InChI=1S/C31H37N3O/c1-25-12-10-22-33(24-25)23-11-20-31(27-15-6-3-7-16-27)28-17-8-9-18-29(28)34(30(31)35)32-21-19-26-13-4-2-5-14-26/h2-9,13-18,25,32H,10-12,19-24H2,1H3. The molecule has 3 aromatic carbocycles. The number of carbonyl (C=O) groups is 1. The lowest BCUT2D eigenvalue weighted by atomic mass is 9.72. The van der Waals surface area contributed by atoms with Gasteiger partial charge >= 0.3 is 0 Å². The second kappa shape index (κ2) is 10.8. The number of piperidine rings is 1. The molecule has 2 heterocycles. The number of anilines is 1. The first-order valence-corrected chi connectivity index (χ1v) is 13.2. The van der Waals surface area contributed by atoms with Crippen molar-refractivity contribution in [2.45, 2.75) is 44.4 Å². The van der Waals surface area contributed by atoms with E-state index in [9.17, 15) is 4.79 Å². The highest BCUT2D eigenvalue weighted by Crippen LogP contribution is 2.48. The van der Waals surface area contributed by atoms with Gasteiger partial charge in [-0.1, -0.05) is 85.8 Å². The molecule has 5 rings (SSSR count). The highest BCUT2D eigenvalue weighted by atomic mass is 16.2. The summed E-state index contributed by atoms with van der Waals surface area (Å²) in [6.45, 7) is 6.47. The molecule has 3 aromatic rings. The minimum atomic E-state index is -0.654. The third-order valence-corrected chi connectivity index (χ3v) is 7.73. The fraction of sp³-hybridized carbons (Fsp3) is 0.387. The highest BCUT2D eigenvalue weighted by Gasteiger charge is 2.51. The quantitative estimate of drug-likeness (QED) is 0.446. The van der Waals surface area contributed by atoms with E-state index < -0.39 is 5.41 Å². The Balaban J connectivity index is 1.40. The number of nitrogens with one attached hydrogen (secondary N) is 1. The van der Waals surface area contributed by atoms with Crippen molar-refractivity contribution in [1.82, 2.24) is 10.3 Å². The number of amides is 1. The Labute approximate surface area is 209 Å². The lowest BCUT2D eigenvalue weighted by Crippen LogP contribution is -2.48. The molecule has 0 aliphatic carbocycles. The molecule has 1 saturated heterocycles. The van der Waals surface area contributed by atoms with Crippen molar-refractivity contribution in [3.8, 4) is 0 Å². The van der Waals surface area contributed by atoms with Gasteiger partial charge in [0, 0.05) is 13.1 Å². The Morgan fingerprint density at radius 3 is 2.43 bits per heavy atom. The smallest absolute Gasteiger partial charge is 0.256 e. The largest absolute Gasteiger partial charge is 0.303 e. The molecule has 4 heteroatoms. The Hall–Kier alpha value is -2.95. The zero-order valence-corrected chi connectivity index (χ0v) is 20.8. The van der Waals surface area contributed by atoms with Gasteiger partial charge in [0.1, 0.15) is 5.41 Å². The molecule has 2 aliphatic rings. The molecule has 0 aromatic heterocycles. The molecule has 182 valence electrons. The van der Waals surface area contributed by atoms with E-state index in [0.29, 0.717) is 6.54 Å². The summed E-state index contributed by atoms with van der Waals surface area (Å²) in [5.41, 5.74) is 7.30. The van der Waals surface area contributed by atoms with Crippen LogP contribution in [0.15, 0.2) is 84.9 Å². The minimum Gasteiger partial charge on any atom is -0.303 e. The Morgan fingerprint density at radius 1 is 0.943 bits per heavy atom. The molecule has 4 nitrogen and oxygen atoms in total. The van der Waals surface area contributed by atoms with Gasteiger partial charge in [-0.2, -0.15) is 0 Å². The summed E-state index contributed by atoms with van der Waals surface area (Å²) in [7, 11) is 0. The van der Waals surface area contributed by atoms with Gasteiger partial charge < -0.3 is 4.90 Å². The maximum atomic E-state index is 14.3. The summed E-state index contributed by atoms with van der Waals surface area (Å²) in [5, 5.41) is 1.83. The lowest BCUT2D eigenvalue weighted by Gasteiger charge is -2.33. The lowest BCUT2D eigenvalue weighted by molar-refractivity contribution is -0.122. The molecule has 1 amide bonds. The molecule has 2 aliphatic heterocycles. The van der Waals surface area contributed by atoms with Crippen molar-refractivity contribution in [3.05, 3.63) is 102 Å². The number of fused-ring (bicyclic) bond motifs is 1. The van der Waals surface area contributed by atoms with Crippen LogP contribution < -0.4 is 10.4 Å². The number of likely N-dealkylation sites (tertiary alicyclic amines) is 1. The third kappa shape index (κ3) is 4.91. The minimum absolute atomic E-state index is 0.143. The van der Waals surface area contributed by atoms with Crippen molar-refractivity contribution in [3.63, 3.8) is 0 Å². The fourth-order valence-corrected chi connectivity index (χ4v) is 6.00. The number of carbonyl (C=O) groups excluding carboxylic acids is 1. The van der Waals surface area contributed by atoms with E-state index in [1.54, 1.807) is 0 Å². The number of hydrogen-bond donors (Lipinski definition) is 1. The van der Waals surface area contributed by atoms with Crippen molar-refractivity contribution in [1.29, 1.82) is 0 Å². The molecule has 0 bridgehead atoms. The van der Waals surface area contributed by atoms with Gasteiger partial charge in [-0.15, -0.1) is 0 Å². The molecular formula is C31H37N3O. The predicted octanol–water partition coefficient (Wildman–Crippen LogP) is 5.58. The van der Waals surface area contributed by atoms with Crippen LogP contribution in [0.25, 0.3) is 0 Å². The van der Waals surface area contributed by atoms with Crippen molar-refractivity contribution in [2.75, 3.05) is 31.2 Å². The molecule has 2 unspecified atom stereocenters. The summed E-state index contributed by atoms with van der Waals surface area (Å²) < 4.78 is 0. The highest BCUT2D eigenvalue weighted by molar-refractivity contribution is 6.09. The Bertz CT molecular complexity index is 1120. The fourth-order valence-electron chi connectivity index (χ4n) is 6.00. The van der Waals surface area contributed by atoms with Crippen LogP contribution in [0.3, 0.4) is 0 Å². The van der Waals surface area contributed by atoms with E-state index in [0.717, 1.165) is 48.5 Å². The number of rotatable bonds is 9. The van der Waals surface area contributed by atoms with Crippen LogP contribution in [0.4, 0.5) is 5.69 Å². The van der Waals surface area contributed by atoms with Crippen LogP contribution >= 0.6 is 0 Å². The van der Waals surface area contributed by atoms with Gasteiger partial charge in [-0.25, -0.2) is 10.4 Å². The predicted molar refractivity (Wildman–Crippen MR) is 143 cm³/mol. The molecule has 1 fully saturated rings. The number of nitrogens with zero attached hydrogens (tertiary/aromatic N) is 2. The summed E-state index contributed by atoms with van der Waals surface area (Å²) in [6.07, 6.45) is 5.30. The molecule has 2 atom stereocenters. The van der Waals surface area contributed by atoms with Crippen LogP contribution in [0.5, 0.6) is 0 Å². The van der Waals surface area contributed by atoms with Crippen LogP contribution in [0.1, 0.15) is 49.3 Å². The van der Waals surface area contributed by atoms with Crippen LogP contribution in [0.2, 0.25) is 0 Å². The zero-order valence-electron chi connectivity index (χ0n) is 20.8. The van der Waals surface area contributed by atoms with Gasteiger partial charge in [-0.3, -0.25) is 4.79 Å². The van der Waals surface area contributed by atoms with E-state index >= 15 is 0 Å². The SMILES string of the molecule is CC1CCCN(CCCC2(c3ccccc3)C(=O)N(NCCc3ccccc3)c3ccccc32)C1. The van der Waals surface area contributed by atoms with E-state index in [1.165, 1.54) is 31.5 Å². The van der Waals surface area contributed by atoms with E-state index in [4.69, 9.17) is 0 Å². The first-order valence-electron chi connectivity index (χ1n) is 13.2. The summed E-state index contributed by atoms with van der Waals surface area (Å²) in [6, 6.07) is 29.2. The van der Waals surface area contributed by atoms with Crippen LogP contribution in [0, 0.1) is 5.92 Å². The molecule has 1 N–H and O–H groups in total. The molecule has 0 saturated carbocycles. The van der Waals surface area contributed by atoms with Crippen LogP contribution in [-0.2, 0) is 16.6 Å². The molecule has 0 spiro atoms. The first kappa shape index (κ1) is 23.8. The van der Waals surface area contributed by atoms with Crippen molar-refractivity contribution in [2.24, 2.45) is 5.92 Å². The van der Waals surface area contributed by atoms with Crippen molar-refractivity contribution < 1.29 is 4.79 Å². The van der Waals surface area contributed by atoms with Gasteiger partial charge in [-0.05, 0) is 73.9 Å². The Morgan fingerprint density at radius 2 is 1.66 bits per heavy atom. The summed E-state index contributed by atoms with van der Waals surface area (Å²) >= 11 is 0. The van der Waals surface area contributed by atoms with Gasteiger partial charge in [0.05, 0.1) is 5.69 Å². The average Bonchev–Trinajstić information content (AvgIpc) is 3.13. The number of para-hydroxylation sites is 1. The average molecular weight is 468 g/mol. The van der Waals surface area contributed by atoms with Gasteiger partial charge in [0.2, 0.25) is 0 Å². The maximum absolute atomic E-state index is 14.3. The maximum Gasteiger partial charge on any atom is 0.256 e.